The fourth-order valence-corrected chi connectivity index (χ4v) is 2.63. The van der Waals surface area contributed by atoms with Gasteiger partial charge in [0.15, 0.2) is 0 Å². The van der Waals surface area contributed by atoms with E-state index in [1.807, 2.05) is 0 Å². The molecule has 1 aromatic rings. The van der Waals surface area contributed by atoms with Gasteiger partial charge >= 0.3 is 12.1 Å². The molecule has 8 heteroatoms. The molecule has 1 amide bonds. The molecule has 0 aliphatic carbocycles. The molecular weight excluding hydrogens is 280 g/mol. The first-order chi connectivity index (χ1) is 9.85. The number of aliphatic carboxylic acids is 1. The Hall–Kier alpha value is -2.64. The van der Waals surface area contributed by atoms with Crippen LogP contribution in [0.4, 0.5) is 10.5 Å². The van der Waals surface area contributed by atoms with Crippen molar-refractivity contribution in [1.29, 1.82) is 0 Å². The minimum atomic E-state index is -1.31. The first-order valence-corrected chi connectivity index (χ1v) is 6.29. The molecule has 2 N–H and O–H groups in total. The van der Waals surface area contributed by atoms with Gasteiger partial charge in [-0.25, -0.2) is 4.79 Å². The first kappa shape index (κ1) is 14.8. The summed E-state index contributed by atoms with van der Waals surface area (Å²) in [6.45, 7) is -0.0496. The normalized spacial score (nSPS) is 21.2. The summed E-state index contributed by atoms with van der Waals surface area (Å²) in [5.74, 6) is -1.13. The van der Waals surface area contributed by atoms with Crippen LogP contribution in [0.25, 0.3) is 0 Å². The number of amides is 1. The topological polar surface area (TPSA) is 121 Å². The maximum absolute atomic E-state index is 11.6. The second-order valence-electron chi connectivity index (χ2n) is 5.10. The minimum absolute atomic E-state index is 0.0662. The summed E-state index contributed by atoms with van der Waals surface area (Å²) in [5.41, 5.74) is -1.16. The maximum atomic E-state index is 11.6. The Labute approximate surface area is 119 Å². The number of hydrogen-bond donors (Lipinski definition) is 2. The molecule has 1 aliphatic rings. The third-order valence-electron chi connectivity index (χ3n) is 3.80. The number of nitro benzene ring substituents is 1. The summed E-state index contributed by atoms with van der Waals surface area (Å²) >= 11 is 0. The van der Waals surface area contributed by atoms with Crippen LogP contribution in [0.1, 0.15) is 12.0 Å². The second kappa shape index (κ2) is 5.39. The molecular formula is C13H14N2O6. The van der Waals surface area contributed by atoms with E-state index < -0.39 is 22.4 Å². The fourth-order valence-electron chi connectivity index (χ4n) is 2.63. The smallest absolute Gasteiger partial charge is 0.407 e. The second-order valence-corrected chi connectivity index (χ2v) is 5.10. The average Bonchev–Trinajstić information content (AvgIpc) is 2.85. The summed E-state index contributed by atoms with van der Waals surface area (Å²) in [6.07, 6.45) is -1.11. The molecule has 112 valence electrons. The molecule has 0 aromatic heterocycles. The van der Waals surface area contributed by atoms with Crippen molar-refractivity contribution in [2.75, 3.05) is 13.1 Å². The van der Waals surface area contributed by atoms with Crippen molar-refractivity contribution in [3.8, 4) is 0 Å². The molecule has 1 aromatic carbocycles. The van der Waals surface area contributed by atoms with E-state index in [1.54, 1.807) is 6.07 Å². The summed E-state index contributed by atoms with van der Waals surface area (Å²) < 4.78 is 0. The Bertz CT molecular complexity index is 602. The van der Waals surface area contributed by atoms with Gasteiger partial charge in [-0.2, -0.15) is 0 Å². The standard InChI is InChI=1S/C13H14N2O6/c16-11(17)13(5-6-14(8-13)12(18)19)7-9-3-1-2-4-10(9)15(20)21/h1-4H,5-8H2,(H,16,17)(H,18,19). The summed E-state index contributed by atoms with van der Waals surface area (Å²) in [5, 5.41) is 29.4. The zero-order valence-corrected chi connectivity index (χ0v) is 11.1. The lowest BCUT2D eigenvalue weighted by Crippen LogP contribution is -2.38. The number of nitrogens with zero attached hydrogens (tertiary/aromatic N) is 2. The van der Waals surface area contributed by atoms with Crippen LogP contribution in [0.2, 0.25) is 0 Å². The van der Waals surface area contributed by atoms with Crippen LogP contribution >= 0.6 is 0 Å². The van der Waals surface area contributed by atoms with Crippen LogP contribution in [0.5, 0.6) is 0 Å². The predicted octanol–water partition coefficient (Wildman–Crippen LogP) is 1.59. The largest absolute Gasteiger partial charge is 0.481 e. The Morgan fingerprint density at radius 2 is 2.00 bits per heavy atom. The van der Waals surface area contributed by atoms with Gasteiger partial charge in [-0.3, -0.25) is 14.9 Å². The van der Waals surface area contributed by atoms with Crippen LogP contribution in [-0.2, 0) is 11.2 Å². The Balaban J connectivity index is 2.33. The van der Waals surface area contributed by atoms with Gasteiger partial charge in [0.05, 0.1) is 10.3 Å². The quantitative estimate of drug-likeness (QED) is 0.642. The molecule has 0 spiro atoms. The van der Waals surface area contributed by atoms with E-state index in [1.165, 1.54) is 18.2 Å². The van der Waals surface area contributed by atoms with Gasteiger partial charge in [0, 0.05) is 24.7 Å². The van der Waals surface area contributed by atoms with Crippen molar-refractivity contribution in [2.45, 2.75) is 12.8 Å². The third kappa shape index (κ3) is 2.78. The van der Waals surface area contributed by atoms with Gasteiger partial charge in [0.25, 0.3) is 5.69 Å². The predicted molar refractivity (Wildman–Crippen MR) is 71.1 cm³/mol. The van der Waals surface area contributed by atoms with Crippen molar-refractivity contribution in [1.82, 2.24) is 4.90 Å². The number of carboxylic acid groups (broad SMARTS) is 2. The molecule has 2 rings (SSSR count). The lowest BCUT2D eigenvalue weighted by molar-refractivity contribution is -0.385. The Morgan fingerprint density at radius 3 is 2.52 bits per heavy atom. The van der Waals surface area contributed by atoms with Crippen LogP contribution in [0.15, 0.2) is 24.3 Å². The van der Waals surface area contributed by atoms with Crippen molar-refractivity contribution < 1.29 is 24.7 Å². The molecule has 21 heavy (non-hydrogen) atoms. The van der Waals surface area contributed by atoms with Gasteiger partial charge in [-0.15, -0.1) is 0 Å². The van der Waals surface area contributed by atoms with Crippen LogP contribution in [0, 0.1) is 15.5 Å². The Morgan fingerprint density at radius 1 is 1.33 bits per heavy atom. The van der Waals surface area contributed by atoms with E-state index in [0.29, 0.717) is 5.56 Å². The molecule has 1 atom stereocenters. The number of likely N-dealkylation sites (tertiary alicyclic amines) is 1. The molecule has 1 fully saturated rings. The third-order valence-corrected chi connectivity index (χ3v) is 3.80. The number of carboxylic acids is 1. The summed E-state index contributed by atoms with van der Waals surface area (Å²) in [6, 6.07) is 5.93. The number of rotatable bonds is 4. The molecule has 0 bridgehead atoms. The van der Waals surface area contributed by atoms with E-state index in [0.717, 1.165) is 4.90 Å². The lowest BCUT2D eigenvalue weighted by atomic mass is 9.80. The fraction of sp³-hybridized carbons (Fsp3) is 0.385. The lowest BCUT2D eigenvalue weighted by Gasteiger charge is -2.23. The van der Waals surface area contributed by atoms with Crippen LogP contribution < -0.4 is 0 Å². The molecule has 0 saturated carbocycles. The summed E-state index contributed by atoms with van der Waals surface area (Å²) in [7, 11) is 0. The molecule has 0 radical (unpaired) electrons. The van der Waals surface area contributed by atoms with Gasteiger partial charge < -0.3 is 15.1 Å². The molecule has 8 nitrogen and oxygen atoms in total. The molecule has 1 heterocycles. The van der Waals surface area contributed by atoms with E-state index in [2.05, 4.69) is 0 Å². The number of benzene rings is 1. The van der Waals surface area contributed by atoms with Gasteiger partial charge in [-0.1, -0.05) is 18.2 Å². The van der Waals surface area contributed by atoms with Gasteiger partial charge in [-0.05, 0) is 12.8 Å². The number of carbonyl (C=O) groups is 2. The number of nitro groups is 1. The maximum Gasteiger partial charge on any atom is 0.407 e. The molecule has 1 saturated heterocycles. The van der Waals surface area contributed by atoms with Crippen molar-refractivity contribution in [3.05, 3.63) is 39.9 Å². The van der Waals surface area contributed by atoms with Crippen molar-refractivity contribution >= 4 is 17.7 Å². The minimum Gasteiger partial charge on any atom is -0.481 e. The number of para-hydroxylation sites is 1. The monoisotopic (exact) mass is 294 g/mol. The van der Waals surface area contributed by atoms with Crippen molar-refractivity contribution in [2.24, 2.45) is 5.41 Å². The first-order valence-electron chi connectivity index (χ1n) is 6.29. The highest BCUT2D eigenvalue weighted by molar-refractivity contribution is 5.78. The van der Waals surface area contributed by atoms with E-state index in [4.69, 9.17) is 5.11 Å². The Kier molecular flexibility index (Phi) is 3.79. The van der Waals surface area contributed by atoms with Crippen molar-refractivity contribution in [3.63, 3.8) is 0 Å². The highest BCUT2D eigenvalue weighted by atomic mass is 16.6. The van der Waals surface area contributed by atoms with E-state index in [-0.39, 0.29) is 31.6 Å². The molecule has 1 unspecified atom stereocenters. The van der Waals surface area contributed by atoms with Crippen LogP contribution in [-0.4, -0.2) is 45.2 Å². The SMILES string of the molecule is O=C(O)N1CCC(Cc2ccccc2[N+](=O)[O-])(C(=O)O)C1. The summed E-state index contributed by atoms with van der Waals surface area (Å²) in [4.78, 5) is 34.0. The van der Waals surface area contributed by atoms with Gasteiger partial charge in [0.2, 0.25) is 0 Å². The zero-order chi connectivity index (χ0) is 15.6. The van der Waals surface area contributed by atoms with Gasteiger partial charge in [0.1, 0.15) is 0 Å². The highest BCUT2D eigenvalue weighted by Crippen LogP contribution is 2.36. The van der Waals surface area contributed by atoms with E-state index >= 15 is 0 Å². The number of hydrogen-bond acceptors (Lipinski definition) is 4. The zero-order valence-electron chi connectivity index (χ0n) is 11.1. The highest BCUT2D eigenvalue weighted by Gasteiger charge is 2.47. The average molecular weight is 294 g/mol. The van der Waals surface area contributed by atoms with Crippen LogP contribution in [0.3, 0.4) is 0 Å². The van der Waals surface area contributed by atoms with E-state index in [9.17, 15) is 24.8 Å². The molecule has 1 aliphatic heterocycles.